The Labute approximate surface area is 101 Å². The van der Waals surface area contributed by atoms with Crippen molar-refractivity contribution in [2.24, 2.45) is 5.92 Å². The first-order chi connectivity index (χ1) is 8.08. The van der Waals surface area contributed by atoms with Crippen molar-refractivity contribution in [3.63, 3.8) is 0 Å². The Morgan fingerprint density at radius 1 is 1.41 bits per heavy atom. The fourth-order valence-electron chi connectivity index (χ4n) is 1.29. The zero-order valence-electron chi connectivity index (χ0n) is 10.3. The van der Waals surface area contributed by atoms with E-state index in [0.29, 0.717) is 11.3 Å². The molecule has 0 aliphatic rings. The summed E-state index contributed by atoms with van der Waals surface area (Å²) in [5, 5.41) is 2.77. The van der Waals surface area contributed by atoms with E-state index in [-0.39, 0.29) is 11.8 Å². The molecule has 17 heavy (non-hydrogen) atoms. The van der Waals surface area contributed by atoms with Gasteiger partial charge in [-0.15, -0.1) is 0 Å². The van der Waals surface area contributed by atoms with E-state index in [0.717, 1.165) is 6.42 Å². The number of hydrogen-bond acceptors (Lipinski definition) is 3. The van der Waals surface area contributed by atoms with Gasteiger partial charge < -0.3 is 10.1 Å². The minimum atomic E-state index is -0.412. The Morgan fingerprint density at radius 3 is 2.71 bits per heavy atom. The van der Waals surface area contributed by atoms with Crippen molar-refractivity contribution in [3.8, 4) is 0 Å². The molecule has 1 amide bonds. The number of carbonyl (C=O) groups excluding carboxylic acids is 2. The smallest absolute Gasteiger partial charge is 0.337 e. The van der Waals surface area contributed by atoms with Crippen LogP contribution in [0.2, 0.25) is 0 Å². The summed E-state index contributed by atoms with van der Waals surface area (Å²) in [7, 11) is 1.33. The molecular weight excluding hydrogens is 218 g/mol. The van der Waals surface area contributed by atoms with Crippen LogP contribution in [0.4, 0.5) is 5.69 Å². The molecule has 1 rings (SSSR count). The van der Waals surface area contributed by atoms with Crippen LogP contribution >= 0.6 is 0 Å². The van der Waals surface area contributed by atoms with Gasteiger partial charge >= 0.3 is 5.97 Å². The van der Waals surface area contributed by atoms with Crippen LogP contribution in [0.3, 0.4) is 0 Å². The summed E-state index contributed by atoms with van der Waals surface area (Å²) in [5.74, 6) is -0.504. The van der Waals surface area contributed by atoms with Gasteiger partial charge in [0.05, 0.1) is 12.7 Å². The normalized spacial score (nSPS) is 11.7. The average molecular weight is 235 g/mol. The lowest BCUT2D eigenvalue weighted by atomic mass is 10.1. The molecule has 1 N–H and O–H groups in total. The summed E-state index contributed by atoms with van der Waals surface area (Å²) in [6, 6.07) is 6.70. The van der Waals surface area contributed by atoms with Gasteiger partial charge in [0.1, 0.15) is 0 Å². The van der Waals surface area contributed by atoms with E-state index in [9.17, 15) is 9.59 Å². The van der Waals surface area contributed by atoms with Crippen molar-refractivity contribution in [1.29, 1.82) is 0 Å². The highest BCUT2D eigenvalue weighted by atomic mass is 16.5. The molecule has 0 heterocycles. The fraction of sp³-hybridized carbons (Fsp3) is 0.385. The van der Waals surface area contributed by atoms with Gasteiger partial charge in [-0.05, 0) is 24.6 Å². The number of benzene rings is 1. The number of nitrogens with one attached hydrogen (secondary N) is 1. The SMILES string of the molecule is CCC(C)C(=O)Nc1cccc(C(=O)OC)c1. The van der Waals surface area contributed by atoms with Crippen molar-refractivity contribution in [1.82, 2.24) is 0 Å². The topological polar surface area (TPSA) is 55.4 Å². The van der Waals surface area contributed by atoms with Crippen molar-refractivity contribution >= 4 is 17.6 Å². The number of methoxy groups -OCH3 is 1. The minimum Gasteiger partial charge on any atom is -0.465 e. The molecule has 0 saturated heterocycles. The van der Waals surface area contributed by atoms with Crippen molar-refractivity contribution < 1.29 is 14.3 Å². The Morgan fingerprint density at radius 2 is 2.12 bits per heavy atom. The molecule has 1 aromatic carbocycles. The first kappa shape index (κ1) is 13.2. The van der Waals surface area contributed by atoms with E-state index >= 15 is 0 Å². The summed E-state index contributed by atoms with van der Waals surface area (Å²) in [5.41, 5.74) is 1.03. The maximum Gasteiger partial charge on any atom is 0.337 e. The molecule has 4 heteroatoms. The molecule has 1 aromatic rings. The van der Waals surface area contributed by atoms with Crippen LogP contribution in [0.25, 0.3) is 0 Å². The van der Waals surface area contributed by atoms with Crippen LogP contribution in [-0.4, -0.2) is 19.0 Å². The van der Waals surface area contributed by atoms with Gasteiger partial charge in [0.25, 0.3) is 0 Å². The Balaban J connectivity index is 2.79. The second kappa shape index (κ2) is 6.03. The van der Waals surface area contributed by atoms with Crippen molar-refractivity contribution in [2.45, 2.75) is 20.3 Å². The largest absolute Gasteiger partial charge is 0.465 e. The number of carbonyl (C=O) groups is 2. The van der Waals surface area contributed by atoms with Crippen molar-refractivity contribution in [2.75, 3.05) is 12.4 Å². The Hall–Kier alpha value is -1.84. The van der Waals surface area contributed by atoms with E-state index in [2.05, 4.69) is 10.1 Å². The lowest BCUT2D eigenvalue weighted by molar-refractivity contribution is -0.119. The first-order valence-corrected chi connectivity index (χ1v) is 5.57. The maximum atomic E-state index is 11.7. The molecule has 0 radical (unpaired) electrons. The molecule has 0 spiro atoms. The van der Waals surface area contributed by atoms with Gasteiger partial charge in [0.15, 0.2) is 0 Å². The molecule has 0 fully saturated rings. The van der Waals surface area contributed by atoms with E-state index in [1.807, 2.05) is 13.8 Å². The van der Waals surface area contributed by atoms with Gasteiger partial charge in [0.2, 0.25) is 5.91 Å². The van der Waals surface area contributed by atoms with E-state index < -0.39 is 5.97 Å². The molecule has 0 bridgehead atoms. The van der Waals surface area contributed by atoms with Gasteiger partial charge in [0, 0.05) is 11.6 Å². The highest BCUT2D eigenvalue weighted by molar-refractivity contribution is 5.95. The lowest BCUT2D eigenvalue weighted by Crippen LogP contribution is -2.19. The van der Waals surface area contributed by atoms with Gasteiger partial charge in [-0.2, -0.15) is 0 Å². The standard InChI is InChI=1S/C13H17NO3/c1-4-9(2)12(15)14-11-7-5-6-10(8-11)13(16)17-3/h5-9H,4H2,1-3H3,(H,14,15). The molecule has 0 saturated carbocycles. The molecular formula is C13H17NO3. The zero-order chi connectivity index (χ0) is 12.8. The third kappa shape index (κ3) is 3.59. The second-order valence-electron chi connectivity index (χ2n) is 3.87. The van der Waals surface area contributed by atoms with Gasteiger partial charge in [-0.1, -0.05) is 19.9 Å². The highest BCUT2D eigenvalue weighted by Gasteiger charge is 2.11. The maximum absolute atomic E-state index is 11.7. The fourth-order valence-corrected chi connectivity index (χ4v) is 1.29. The number of amides is 1. The van der Waals surface area contributed by atoms with Crippen LogP contribution in [0.15, 0.2) is 24.3 Å². The quantitative estimate of drug-likeness (QED) is 0.815. The number of anilines is 1. The summed E-state index contributed by atoms with van der Waals surface area (Å²) in [6.45, 7) is 3.81. The van der Waals surface area contributed by atoms with Crippen molar-refractivity contribution in [3.05, 3.63) is 29.8 Å². The van der Waals surface area contributed by atoms with Crippen LogP contribution in [0, 0.1) is 5.92 Å². The Kier molecular flexibility index (Phi) is 4.69. The van der Waals surface area contributed by atoms with Crippen LogP contribution in [0.1, 0.15) is 30.6 Å². The molecule has 4 nitrogen and oxygen atoms in total. The van der Waals surface area contributed by atoms with Gasteiger partial charge in [-0.25, -0.2) is 4.79 Å². The van der Waals surface area contributed by atoms with Gasteiger partial charge in [-0.3, -0.25) is 4.79 Å². The predicted molar refractivity (Wildman–Crippen MR) is 65.9 cm³/mol. The van der Waals surface area contributed by atoms with Crippen LogP contribution in [0.5, 0.6) is 0 Å². The van der Waals surface area contributed by atoms with Crippen LogP contribution < -0.4 is 5.32 Å². The molecule has 1 unspecified atom stereocenters. The molecule has 92 valence electrons. The van der Waals surface area contributed by atoms with E-state index in [4.69, 9.17) is 0 Å². The molecule has 0 aromatic heterocycles. The van der Waals surface area contributed by atoms with E-state index in [1.54, 1.807) is 24.3 Å². The second-order valence-corrected chi connectivity index (χ2v) is 3.87. The molecule has 0 aliphatic carbocycles. The van der Waals surface area contributed by atoms with Crippen LogP contribution in [-0.2, 0) is 9.53 Å². The average Bonchev–Trinajstić information content (AvgIpc) is 2.37. The predicted octanol–water partition coefficient (Wildman–Crippen LogP) is 2.46. The number of hydrogen-bond donors (Lipinski definition) is 1. The third-order valence-corrected chi connectivity index (χ3v) is 2.61. The number of rotatable bonds is 4. The van der Waals surface area contributed by atoms with E-state index in [1.165, 1.54) is 7.11 Å². The summed E-state index contributed by atoms with van der Waals surface area (Å²) >= 11 is 0. The minimum absolute atomic E-state index is 0.0446. The summed E-state index contributed by atoms with van der Waals surface area (Å²) in [6.07, 6.45) is 0.780. The summed E-state index contributed by atoms with van der Waals surface area (Å²) in [4.78, 5) is 23.0. The lowest BCUT2D eigenvalue weighted by Gasteiger charge is -2.10. The zero-order valence-corrected chi connectivity index (χ0v) is 10.3. The third-order valence-electron chi connectivity index (χ3n) is 2.61. The first-order valence-electron chi connectivity index (χ1n) is 5.57. The molecule has 0 aliphatic heterocycles. The number of esters is 1. The molecule has 1 atom stereocenters. The summed E-state index contributed by atoms with van der Waals surface area (Å²) < 4.78 is 4.61. The number of ether oxygens (including phenoxy) is 1. The Bertz CT molecular complexity index is 415. The monoisotopic (exact) mass is 235 g/mol. The highest BCUT2D eigenvalue weighted by Crippen LogP contribution is 2.13.